The Labute approximate surface area is 191 Å². The molecule has 0 spiro atoms. The maximum atomic E-state index is 13.1. The number of para-hydroxylation sites is 1. The number of anilines is 2. The highest BCUT2D eigenvalue weighted by atomic mass is 35.5. The summed E-state index contributed by atoms with van der Waals surface area (Å²) in [5, 5.41) is 8.49. The van der Waals surface area contributed by atoms with Gasteiger partial charge in [0.2, 0.25) is 6.79 Å². The number of nitrogens with zero attached hydrogens (tertiary/aromatic N) is 2. The summed E-state index contributed by atoms with van der Waals surface area (Å²) >= 11 is 13.5. The number of halogens is 1. The third-order valence-electron chi connectivity index (χ3n) is 5.14. The van der Waals surface area contributed by atoms with Gasteiger partial charge < -0.3 is 20.1 Å². The Hall–Kier alpha value is -3.01. The molecule has 0 fully saturated rings. The van der Waals surface area contributed by atoms with E-state index in [1.165, 1.54) is 11.3 Å². The molecule has 10 heteroatoms. The fourth-order valence-corrected chi connectivity index (χ4v) is 5.15. The van der Waals surface area contributed by atoms with Crippen LogP contribution < -0.4 is 25.7 Å². The molecule has 1 aliphatic rings. The zero-order valence-electron chi connectivity index (χ0n) is 16.6. The summed E-state index contributed by atoms with van der Waals surface area (Å²) in [5.74, 6) is 1.36. The maximum Gasteiger partial charge on any atom is 0.295 e. The monoisotopic (exact) mass is 472 g/mol. The lowest BCUT2D eigenvalue weighted by molar-refractivity contribution is 0.174. The first-order valence-electron chi connectivity index (χ1n) is 9.37. The molecule has 0 unspecified atom stereocenters. The molecule has 1 aliphatic heterocycles. The quantitative estimate of drug-likeness (QED) is 0.414. The second-order valence-electron chi connectivity index (χ2n) is 6.96. The fraction of sp³-hybridized carbons (Fsp3) is 0.143. The first kappa shape index (κ1) is 19.9. The van der Waals surface area contributed by atoms with E-state index in [0.29, 0.717) is 27.2 Å². The van der Waals surface area contributed by atoms with Crippen LogP contribution in [0.5, 0.6) is 11.5 Å². The minimum Gasteiger partial charge on any atom is -0.454 e. The number of ether oxygens (including phenoxy) is 2. The first-order valence-corrected chi connectivity index (χ1v) is 11.0. The van der Waals surface area contributed by atoms with E-state index in [9.17, 15) is 4.79 Å². The molecule has 7 nitrogen and oxygen atoms in total. The Kier molecular flexibility index (Phi) is 4.88. The molecule has 0 amide bonds. The van der Waals surface area contributed by atoms with Gasteiger partial charge in [0.1, 0.15) is 10.7 Å². The summed E-state index contributed by atoms with van der Waals surface area (Å²) in [6, 6.07) is 13.2. The molecule has 3 heterocycles. The summed E-state index contributed by atoms with van der Waals surface area (Å²) in [4.78, 5) is 13.1. The van der Waals surface area contributed by atoms with Crippen LogP contribution in [0.4, 0.5) is 10.7 Å². The van der Waals surface area contributed by atoms with Crippen LogP contribution in [0.1, 0.15) is 5.69 Å². The second-order valence-corrected chi connectivity index (χ2v) is 8.80. The number of thiophene rings is 1. The number of fused-ring (bicyclic) bond motifs is 2. The third-order valence-corrected chi connectivity index (χ3v) is 6.92. The molecule has 31 heavy (non-hydrogen) atoms. The van der Waals surface area contributed by atoms with Gasteiger partial charge in [0.05, 0.1) is 16.4 Å². The predicted molar refractivity (Wildman–Crippen MR) is 129 cm³/mol. The van der Waals surface area contributed by atoms with Crippen LogP contribution in [-0.4, -0.2) is 21.3 Å². The number of hydrogen-bond acceptors (Lipinski definition) is 5. The second kappa shape index (κ2) is 7.60. The molecule has 0 saturated heterocycles. The Bertz CT molecular complexity index is 1390. The van der Waals surface area contributed by atoms with E-state index in [2.05, 4.69) is 10.6 Å². The number of nitrogens with one attached hydrogen (secondary N) is 2. The number of benzene rings is 2. The average Bonchev–Trinajstić information content (AvgIpc) is 3.40. The van der Waals surface area contributed by atoms with Gasteiger partial charge in [-0.15, -0.1) is 11.3 Å². The maximum absolute atomic E-state index is 13.1. The van der Waals surface area contributed by atoms with E-state index >= 15 is 0 Å². The summed E-state index contributed by atoms with van der Waals surface area (Å²) < 4.78 is 15.2. The van der Waals surface area contributed by atoms with Crippen molar-refractivity contribution in [2.24, 2.45) is 7.05 Å². The van der Waals surface area contributed by atoms with Crippen molar-refractivity contribution in [1.29, 1.82) is 0 Å². The normalized spacial score (nSPS) is 12.4. The highest BCUT2D eigenvalue weighted by Crippen LogP contribution is 2.45. The molecule has 0 saturated carbocycles. The van der Waals surface area contributed by atoms with Gasteiger partial charge in [0, 0.05) is 23.2 Å². The van der Waals surface area contributed by atoms with Gasteiger partial charge in [0.15, 0.2) is 16.6 Å². The molecule has 2 aromatic heterocycles. The van der Waals surface area contributed by atoms with Gasteiger partial charge in [-0.05, 0) is 37.3 Å². The minimum absolute atomic E-state index is 0.191. The van der Waals surface area contributed by atoms with Gasteiger partial charge in [0.25, 0.3) is 5.56 Å². The van der Waals surface area contributed by atoms with Crippen LogP contribution in [0.3, 0.4) is 0 Å². The first-order chi connectivity index (χ1) is 14.9. The third kappa shape index (κ3) is 3.34. The molecule has 0 aliphatic carbocycles. The number of thiocarbonyl (C=S) groups is 1. The number of aromatic nitrogens is 2. The van der Waals surface area contributed by atoms with Crippen LogP contribution in [0.2, 0.25) is 5.02 Å². The average molecular weight is 473 g/mol. The molecule has 0 bridgehead atoms. The predicted octanol–water partition coefficient (Wildman–Crippen LogP) is 4.89. The van der Waals surface area contributed by atoms with E-state index in [0.717, 1.165) is 21.5 Å². The smallest absolute Gasteiger partial charge is 0.295 e. The van der Waals surface area contributed by atoms with Gasteiger partial charge >= 0.3 is 0 Å². The molecule has 4 aromatic rings. The van der Waals surface area contributed by atoms with E-state index < -0.39 is 0 Å². The highest BCUT2D eigenvalue weighted by Gasteiger charge is 2.21. The summed E-state index contributed by atoms with van der Waals surface area (Å²) in [5.41, 5.74) is 1.74. The Balaban J connectivity index is 1.43. The largest absolute Gasteiger partial charge is 0.454 e. The van der Waals surface area contributed by atoms with Gasteiger partial charge in [-0.3, -0.25) is 9.48 Å². The Morgan fingerprint density at radius 3 is 2.61 bits per heavy atom. The van der Waals surface area contributed by atoms with E-state index in [4.69, 9.17) is 33.3 Å². The number of hydrogen-bond donors (Lipinski definition) is 2. The SMILES string of the molecule is Cc1c(NC(=S)Nc2sc3cc4c(cc3c2Cl)OCO4)c(=O)n(-c2ccccc2)n1C. The van der Waals surface area contributed by atoms with Crippen molar-refractivity contribution in [1.82, 2.24) is 9.36 Å². The Morgan fingerprint density at radius 1 is 1.16 bits per heavy atom. The summed E-state index contributed by atoms with van der Waals surface area (Å²) in [6.45, 7) is 2.07. The molecule has 158 valence electrons. The van der Waals surface area contributed by atoms with Crippen molar-refractivity contribution in [2.45, 2.75) is 6.92 Å². The molecule has 2 aromatic carbocycles. The van der Waals surface area contributed by atoms with Crippen molar-refractivity contribution in [2.75, 3.05) is 17.4 Å². The summed E-state index contributed by atoms with van der Waals surface area (Å²) in [6.07, 6.45) is 0. The molecule has 0 atom stereocenters. The van der Waals surface area contributed by atoms with Gasteiger partial charge in [-0.2, -0.15) is 0 Å². The van der Waals surface area contributed by atoms with Crippen molar-refractivity contribution in [3.8, 4) is 17.2 Å². The van der Waals surface area contributed by atoms with Crippen LogP contribution >= 0.6 is 35.2 Å². The molecular weight excluding hydrogens is 456 g/mol. The topological polar surface area (TPSA) is 69.4 Å². The summed E-state index contributed by atoms with van der Waals surface area (Å²) in [7, 11) is 1.83. The van der Waals surface area contributed by atoms with E-state index in [1.54, 1.807) is 9.36 Å². The van der Waals surface area contributed by atoms with Crippen molar-refractivity contribution in [3.05, 3.63) is 63.5 Å². The standard InChI is InChI=1S/C21H17ClN4O3S2/c1-11-18(20(27)26(25(11)2)12-6-4-3-5-7-12)23-21(30)24-19-17(22)13-8-14-15(29-10-28-14)9-16(13)31-19/h3-9H,10H2,1-2H3,(H2,23,24,30). The van der Waals surface area contributed by atoms with Crippen LogP contribution in [0.25, 0.3) is 15.8 Å². The van der Waals surface area contributed by atoms with Crippen LogP contribution in [0, 0.1) is 6.92 Å². The van der Waals surface area contributed by atoms with Crippen molar-refractivity contribution < 1.29 is 9.47 Å². The van der Waals surface area contributed by atoms with Gasteiger partial charge in [-0.1, -0.05) is 29.8 Å². The lowest BCUT2D eigenvalue weighted by Gasteiger charge is -2.08. The minimum atomic E-state index is -0.191. The highest BCUT2D eigenvalue weighted by molar-refractivity contribution is 7.80. The van der Waals surface area contributed by atoms with Crippen LogP contribution in [0.15, 0.2) is 47.3 Å². The lowest BCUT2D eigenvalue weighted by atomic mass is 10.2. The van der Waals surface area contributed by atoms with Crippen molar-refractivity contribution in [3.63, 3.8) is 0 Å². The van der Waals surface area contributed by atoms with E-state index in [-0.39, 0.29) is 17.5 Å². The lowest BCUT2D eigenvalue weighted by Crippen LogP contribution is -2.25. The van der Waals surface area contributed by atoms with Crippen LogP contribution in [-0.2, 0) is 7.05 Å². The zero-order chi connectivity index (χ0) is 21.7. The van der Waals surface area contributed by atoms with Crippen molar-refractivity contribution >= 4 is 61.0 Å². The van der Waals surface area contributed by atoms with Gasteiger partial charge in [-0.25, -0.2) is 4.68 Å². The number of rotatable bonds is 3. The molecule has 2 N–H and O–H groups in total. The Morgan fingerprint density at radius 2 is 1.87 bits per heavy atom. The molecule has 5 rings (SSSR count). The fourth-order valence-electron chi connectivity index (χ4n) is 3.50. The van der Waals surface area contributed by atoms with E-state index in [1.807, 2.05) is 56.4 Å². The molecule has 0 radical (unpaired) electrons. The zero-order valence-corrected chi connectivity index (χ0v) is 19.0. The molecular formula is C21H17ClN4O3S2.